The minimum atomic E-state index is -0.445. The molecule has 24 heavy (non-hydrogen) atoms. The van der Waals surface area contributed by atoms with E-state index in [-0.39, 0.29) is 5.52 Å². The lowest BCUT2D eigenvalue weighted by molar-refractivity contribution is 0.414. The van der Waals surface area contributed by atoms with E-state index in [2.05, 4.69) is 10.4 Å². The summed E-state index contributed by atoms with van der Waals surface area (Å²) < 4.78 is 24.7. The molecule has 0 amide bonds. The Morgan fingerprint density at radius 3 is 2.96 bits per heavy atom. The maximum atomic E-state index is 15.2. The fourth-order valence-electron chi connectivity index (χ4n) is 3.13. The number of aromatic nitrogens is 1. The molecular weight excluding hydrogens is 347 g/mol. The van der Waals surface area contributed by atoms with Crippen molar-refractivity contribution in [2.75, 3.05) is 12.8 Å². The summed E-state index contributed by atoms with van der Waals surface area (Å²) in [6.07, 6.45) is 5.95. The van der Waals surface area contributed by atoms with Crippen molar-refractivity contribution >= 4 is 45.1 Å². The highest BCUT2D eigenvalue weighted by Gasteiger charge is 2.22. The van der Waals surface area contributed by atoms with Crippen molar-refractivity contribution in [3.8, 4) is 16.9 Å². The normalized spacial score (nSPS) is 13.3. The molecule has 4 rings (SSSR count). The largest absolute Gasteiger partial charge is 0.497 e. The van der Waals surface area contributed by atoms with Gasteiger partial charge in [0, 0.05) is 10.9 Å². The van der Waals surface area contributed by atoms with Crippen LogP contribution in [0.5, 0.6) is 5.75 Å². The van der Waals surface area contributed by atoms with E-state index in [4.69, 9.17) is 22.1 Å². The molecule has 0 bridgehead atoms. The number of nitrogen functional groups attached to an aromatic ring is 1. The highest BCUT2D eigenvalue weighted by Crippen LogP contribution is 2.42. The zero-order valence-electron chi connectivity index (χ0n) is 12.9. The van der Waals surface area contributed by atoms with Gasteiger partial charge in [-0.05, 0) is 59.3 Å². The zero-order chi connectivity index (χ0) is 16.8. The van der Waals surface area contributed by atoms with E-state index in [1.807, 2.05) is 18.2 Å². The second-order valence-corrected chi connectivity index (χ2v) is 6.89. The van der Waals surface area contributed by atoms with Gasteiger partial charge in [-0.2, -0.15) is 4.37 Å². The minimum absolute atomic E-state index is 0.258. The van der Waals surface area contributed by atoms with Crippen LogP contribution in [-0.4, -0.2) is 11.5 Å². The van der Waals surface area contributed by atoms with Crippen LogP contribution in [0.15, 0.2) is 24.3 Å². The van der Waals surface area contributed by atoms with Crippen LogP contribution < -0.4 is 10.5 Å². The maximum absolute atomic E-state index is 15.2. The average Bonchev–Trinajstić information content (AvgIpc) is 2.96. The van der Waals surface area contributed by atoms with Gasteiger partial charge in [-0.15, -0.1) is 0 Å². The number of methoxy groups -OCH3 is 1. The van der Waals surface area contributed by atoms with E-state index in [0.29, 0.717) is 26.7 Å². The lowest BCUT2D eigenvalue weighted by Gasteiger charge is -2.18. The van der Waals surface area contributed by atoms with Gasteiger partial charge in [0.15, 0.2) is 5.82 Å². The van der Waals surface area contributed by atoms with Crippen LogP contribution in [0.4, 0.5) is 9.39 Å². The van der Waals surface area contributed by atoms with Gasteiger partial charge in [0.2, 0.25) is 0 Å². The highest BCUT2D eigenvalue weighted by atomic mass is 35.5. The van der Waals surface area contributed by atoms with Crippen molar-refractivity contribution in [1.29, 1.82) is 0 Å². The maximum Gasteiger partial charge on any atom is 0.159 e. The summed E-state index contributed by atoms with van der Waals surface area (Å²) in [4.78, 5) is 0. The Balaban J connectivity index is 2.07. The van der Waals surface area contributed by atoms with Gasteiger partial charge < -0.3 is 10.5 Å². The number of halogens is 2. The number of hydrogen-bond acceptors (Lipinski definition) is 4. The SMILES string of the molecule is COc1cc2c(c(-c3c(Cl)cc4c(N)snc4c3F)c1)C=CCC2. The summed E-state index contributed by atoms with van der Waals surface area (Å²) in [6, 6.07) is 5.50. The number of nitrogens with two attached hydrogens (primary N) is 1. The van der Waals surface area contributed by atoms with E-state index in [0.717, 1.165) is 41.1 Å². The molecule has 0 fully saturated rings. The third kappa shape index (κ3) is 2.27. The monoisotopic (exact) mass is 360 g/mol. The molecule has 2 N–H and O–H groups in total. The van der Waals surface area contributed by atoms with Crippen molar-refractivity contribution < 1.29 is 9.13 Å². The van der Waals surface area contributed by atoms with Crippen LogP contribution in [0.25, 0.3) is 28.1 Å². The molecule has 2 aromatic carbocycles. The first-order valence-electron chi connectivity index (χ1n) is 7.51. The Hall–Kier alpha value is -2.11. The van der Waals surface area contributed by atoms with Crippen LogP contribution in [0.2, 0.25) is 5.02 Å². The molecule has 1 aliphatic carbocycles. The Bertz CT molecular complexity index is 997. The van der Waals surface area contributed by atoms with Gasteiger partial charge in [0.05, 0.1) is 12.1 Å². The molecule has 1 aromatic heterocycles. The van der Waals surface area contributed by atoms with E-state index in [1.54, 1.807) is 13.2 Å². The lowest BCUT2D eigenvalue weighted by Crippen LogP contribution is -2.00. The van der Waals surface area contributed by atoms with Crippen LogP contribution in [0.3, 0.4) is 0 Å². The predicted octanol–water partition coefficient (Wildman–Crippen LogP) is 5.31. The van der Waals surface area contributed by atoms with Crippen LogP contribution >= 0.6 is 23.1 Å². The van der Waals surface area contributed by atoms with Gasteiger partial charge in [0.25, 0.3) is 0 Å². The Morgan fingerprint density at radius 1 is 1.33 bits per heavy atom. The molecule has 0 unspecified atom stereocenters. The van der Waals surface area contributed by atoms with Gasteiger partial charge >= 0.3 is 0 Å². The predicted molar refractivity (Wildman–Crippen MR) is 98.3 cm³/mol. The number of ether oxygens (including phenoxy) is 1. The van der Waals surface area contributed by atoms with Crippen molar-refractivity contribution in [1.82, 2.24) is 4.37 Å². The molecule has 1 aliphatic rings. The number of nitrogens with zero attached hydrogens (tertiary/aromatic N) is 1. The molecule has 0 aliphatic heterocycles. The number of rotatable bonds is 2. The number of allylic oxidation sites excluding steroid dienone is 1. The topological polar surface area (TPSA) is 48.1 Å². The Morgan fingerprint density at radius 2 is 2.17 bits per heavy atom. The summed E-state index contributed by atoms with van der Waals surface area (Å²) in [5.74, 6) is 0.243. The van der Waals surface area contributed by atoms with Crippen molar-refractivity contribution in [3.63, 3.8) is 0 Å². The Kier molecular flexibility index (Phi) is 3.70. The lowest BCUT2D eigenvalue weighted by atomic mass is 9.89. The molecule has 0 saturated carbocycles. The molecular formula is C18H14ClFN2OS. The molecule has 0 radical (unpaired) electrons. The second kappa shape index (κ2) is 5.76. The Labute approximate surface area is 147 Å². The average molecular weight is 361 g/mol. The smallest absolute Gasteiger partial charge is 0.159 e. The number of fused-ring (bicyclic) bond motifs is 2. The second-order valence-electron chi connectivity index (χ2n) is 5.68. The van der Waals surface area contributed by atoms with Crippen molar-refractivity contribution in [2.45, 2.75) is 12.8 Å². The van der Waals surface area contributed by atoms with Gasteiger partial charge in [-0.25, -0.2) is 4.39 Å². The minimum Gasteiger partial charge on any atom is -0.497 e. The van der Waals surface area contributed by atoms with Crippen molar-refractivity contribution in [3.05, 3.63) is 46.2 Å². The summed E-state index contributed by atoms with van der Waals surface area (Å²) in [6.45, 7) is 0. The molecule has 122 valence electrons. The van der Waals surface area contributed by atoms with E-state index < -0.39 is 5.82 Å². The number of anilines is 1. The molecule has 1 heterocycles. The quantitative estimate of drug-likeness (QED) is 0.674. The molecule has 0 saturated heterocycles. The third-order valence-electron chi connectivity index (χ3n) is 4.30. The standard InChI is InChI=1S/C18H14ClFN2OS/c1-23-10-6-9-4-2-3-5-11(9)12(7-10)15-14(19)8-13-17(16(15)20)22-24-18(13)21/h3,5-8H,2,4,21H2,1H3. The fourth-order valence-corrected chi connectivity index (χ4v) is 4.05. The van der Waals surface area contributed by atoms with Gasteiger partial charge in [0.1, 0.15) is 16.3 Å². The molecule has 6 heteroatoms. The third-order valence-corrected chi connectivity index (χ3v) is 5.29. The van der Waals surface area contributed by atoms with Gasteiger partial charge in [-0.3, -0.25) is 0 Å². The van der Waals surface area contributed by atoms with Crippen LogP contribution in [-0.2, 0) is 6.42 Å². The zero-order valence-corrected chi connectivity index (χ0v) is 14.5. The summed E-state index contributed by atoms with van der Waals surface area (Å²) in [7, 11) is 1.60. The summed E-state index contributed by atoms with van der Waals surface area (Å²) in [5.41, 5.74) is 9.28. The number of hydrogen-bond donors (Lipinski definition) is 1. The molecule has 0 spiro atoms. The van der Waals surface area contributed by atoms with Gasteiger partial charge in [-0.1, -0.05) is 23.8 Å². The first-order chi connectivity index (χ1) is 11.6. The number of benzene rings is 2. The van der Waals surface area contributed by atoms with Crippen molar-refractivity contribution in [2.24, 2.45) is 0 Å². The van der Waals surface area contributed by atoms with E-state index in [9.17, 15) is 0 Å². The van der Waals surface area contributed by atoms with E-state index in [1.165, 1.54) is 0 Å². The van der Waals surface area contributed by atoms with Crippen LogP contribution in [0, 0.1) is 5.82 Å². The number of aryl methyl sites for hydroxylation is 1. The highest BCUT2D eigenvalue weighted by molar-refractivity contribution is 7.11. The first-order valence-corrected chi connectivity index (χ1v) is 8.66. The molecule has 3 aromatic rings. The first kappa shape index (κ1) is 15.4. The van der Waals surface area contributed by atoms with Crippen LogP contribution in [0.1, 0.15) is 17.5 Å². The fraction of sp³-hybridized carbons (Fsp3) is 0.167. The summed E-state index contributed by atoms with van der Waals surface area (Å²) in [5, 5.41) is 1.34. The van der Waals surface area contributed by atoms with E-state index >= 15 is 4.39 Å². The molecule has 3 nitrogen and oxygen atoms in total. The molecule has 0 atom stereocenters. The summed E-state index contributed by atoms with van der Waals surface area (Å²) >= 11 is 7.50.